The van der Waals surface area contributed by atoms with Crippen molar-refractivity contribution in [3.05, 3.63) is 87.6 Å². The van der Waals surface area contributed by atoms with Gasteiger partial charge >= 0.3 is 0 Å². The van der Waals surface area contributed by atoms with E-state index in [1.807, 2.05) is 36.5 Å². The van der Waals surface area contributed by atoms with Crippen molar-refractivity contribution in [1.29, 1.82) is 0 Å². The second-order valence-electron chi connectivity index (χ2n) is 10.1. The van der Waals surface area contributed by atoms with Gasteiger partial charge in [0.05, 0.1) is 34.2 Å². The highest BCUT2D eigenvalue weighted by Crippen LogP contribution is 2.33. The van der Waals surface area contributed by atoms with Crippen LogP contribution in [0.1, 0.15) is 6.42 Å². The average Bonchev–Trinajstić information content (AvgIpc) is 3.64. The average molecular weight is 505 g/mol. The number of hydrogen-bond acceptors (Lipinski definition) is 5. The number of fused-ring (bicyclic) bond motifs is 6. The second-order valence-corrected chi connectivity index (χ2v) is 10.1. The molecule has 188 valence electrons. The van der Waals surface area contributed by atoms with Crippen molar-refractivity contribution in [1.82, 2.24) is 29.2 Å². The number of aromatic amines is 2. The molecule has 1 fully saturated rings. The standard InChI is InChI=1S/C29H24N6O3/c36-28-26-20-5-3-6-21-25(20)32-35(29(21)37)13-12-33-10-9-19(16-33)38-24-15-18(14-22(30-28)27(24)31-26)34-11-8-17-4-1-2-7-23(17)34/h1-8,11,14-15,19,32H,9-10,12-13,16H2,(H,30,36)/t19-/m0/s1. The zero-order chi connectivity index (χ0) is 25.4. The number of aromatic nitrogens is 5. The van der Waals surface area contributed by atoms with E-state index in [4.69, 9.17) is 9.72 Å². The number of benzene rings is 3. The zero-order valence-corrected chi connectivity index (χ0v) is 20.5. The van der Waals surface area contributed by atoms with Gasteiger partial charge in [0, 0.05) is 37.5 Å². The molecule has 9 heteroatoms. The molecule has 1 saturated heterocycles. The SMILES string of the molecule is O=c1[nH]c2cc(-n3ccc4ccccc43)cc3c2nc1-c1cccc2c(=O)n([nH]c12)CCN1CC[C@@H](C1)O3. The Morgan fingerprint density at radius 1 is 0.974 bits per heavy atom. The Morgan fingerprint density at radius 3 is 2.84 bits per heavy atom. The summed E-state index contributed by atoms with van der Waals surface area (Å²) < 4.78 is 10.3. The van der Waals surface area contributed by atoms with Gasteiger partial charge in [-0.1, -0.05) is 30.3 Å². The van der Waals surface area contributed by atoms with Crippen LogP contribution < -0.4 is 15.9 Å². The maximum Gasteiger partial charge on any atom is 0.275 e. The van der Waals surface area contributed by atoms with Gasteiger partial charge in [-0.25, -0.2) is 4.98 Å². The summed E-state index contributed by atoms with van der Waals surface area (Å²) >= 11 is 0. The number of nitrogens with one attached hydrogen (secondary N) is 2. The Hall–Kier alpha value is -4.63. The van der Waals surface area contributed by atoms with E-state index in [2.05, 4.69) is 37.7 Å². The predicted octanol–water partition coefficient (Wildman–Crippen LogP) is 3.64. The molecule has 9 nitrogen and oxygen atoms in total. The van der Waals surface area contributed by atoms with Crippen LogP contribution in [0.15, 0.2) is 76.4 Å². The third-order valence-electron chi connectivity index (χ3n) is 7.83. The van der Waals surface area contributed by atoms with E-state index in [1.165, 1.54) is 0 Å². The molecule has 0 spiro atoms. The largest absolute Gasteiger partial charge is 0.487 e. The van der Waals surface area contributed by atoms with Crippen molar-refractivity contribution in [3.8, 4) is 22.7 Å². The number of nitrogens with zero attached hydrogens (tertiary/aromatic N) is 4. The van der Waals surface area contributed by atoms with E-state index >= 15 is 0 Å². The highest BCUT2D eigenvalue weighted by Gasteiger charge is 2.26. The zero-order valence-electron chi connectivity index (χ0n) is 20.5. The summed E-state index contributed by atoms with van der Waals surface area (Å²) in [6.07, 6.45) is 2.88. The summed E-state index contributed by atoms with van der Waals surface area (Å²) in [6.45, 7) is 2.91. The predicted molar refractivity (Wildman–Crippen MR) is 146 cm³/mol. The van der Waals surface area contributed by atoms with Crippen LogP contribution >= 0.6 is 0 Å². The maximum absolute atomic E-state index is 13.4. The Morgan fingerprint density at radius 2 is 1.89 bits per heavy atom. The maximum atomic E-state index is 13.4. The van der Waals surface area contributed by atoms with E-state index in [9.17, 15) is 9.59 Å². The van der Waals surface area contributed by atoms with Crippen LogP contribution in [0.25, 0.3) is 49.8 Å². The molecule has 0 aliphatic carbocycles. The Bertz CT molecular complexity index is 2010. The Labute approximate surface area is 215 Å². The molecule has 5 heterocycles. The van der Waals surface area contributed by atoms with Gasteiger partial charge in [-0.15, -0.1) is 0 Å². The molecule has 1 unspecified atom stereocenters. The molecule has 8 rings (SSSR count). The van der Waals surface area contributed by atoms with Gasteiger partial charge in [-0.05, 0) is 36.1 Å². The van der Waals surface area contributed by atoms with Gasteiger partial charge in [-0.3, -0.25) is 24.3 Å². The first-order chi connectivity index (χ1) is 18.6. The van der Waals surface area contributed by atoms with E-state index in [-0.39, 0.29) is 22.9 Å². The van der Waals surface area contributed by atoms with Gasteiger partial charge < -0.3 is 14.3 Å². The molecule has 6 bridgehead atoms. The fourth-order valence-electron chi connectivity index (χ4n) is 5.92. The van der Waals surface area contributed by atoms with Crippen LogP contribution in [0.4, 0.5) is 0 Å². The first-order valence-electron chi connectivity index (χ1n) is 12.9. The normalized spacial score (nSPS) is 18.9. The first kappa shape index (κ1) is 21.5. The van der Waals surface area contributed by atoms with E-state index in [0.717, 1.165) is 42.6 Å². The molecular formula is C29H24N6O3. The minimum absolute atomic E-state index is 0.0196. The Balaban J connectivity index is 1.41. The van der Waals surface area contributed by atoms with Crippen molar-refractivity contribution in [2.45, 2.75) is 19.1 Å². The third-order valence-corrected chi connectivity index (χ3v) is 7.83. The van der Waals surface area contributed by atoms with Crippen LogP contribution in [0.2, 0.25) is 0 Å². The van der Waals surface area contributed by atoms with Gasteiger partial charge in [-0.2, -0.15) is 0 Å². The number of para-hydroxylation sites is 2. The number of ether oxygens (including phenoxy) is 1. The molecule has 2 atom stereocenters. The fourth-order valence-corrected chi connectivity index (χ4v) is 5.92. The van der Waals surface area contributed by atoms with Crippen molar-refractivity contribution < 1.29 is 4.74 Å². The molecule has 2 N–H and O–H groups in total. The molecule has 6 aromatic rings. The molecule has 2 aliphatic rings. The quantitative estimate of drug-likeness (QED) is 0.356. The van der Waals surface area contributed by atoms with Gasteiger partial charge in [0.25, 0.3) is 11.1 Å². The molecule has 38 heavy (non-hydrogen) atoms. The molecular weight excluding hydrogens is 480 g/mol. The fraction of sp³-hybridized carbons (Fsp3) is 0.207. The molecule has 0 saturated carbocycles. The molecule has 3 aromatic heterocycles. The van der Waals surface area contributed by atoms with E-state index in [1.54, 1.807) is 16.8 Å². The summed E-state index contributed by atoms with van der Waals surface area (Å²) in [5.74, 6) is 0.634. The van der Waals surface area contributed by atoms with E-state index < -0.39 is 0 Å². The van der Waals surface area contributed by atoms with Crippen LogP contribution in [-0.4, -0.2) is 55.0 Å². The smallest absolute Gasteiger partial charge is 0.275 e. The lowest BCUT2D eigenvalue weighted by Crippen LogP contribution is -2.30. The summed E-state index contributed by atoms with van der Waals surface area (Å²) in [5.41, 5.74) is 4.20. The summed E-state index contributed by atoms with van der Waals surface area (Å²) in [4.78, 5) is 36.8. The van der Waals surface area contributed by atoms with Crippen molar-refractivity contribution in [2.24, 2.45) is 0 Å². The molecule has 3 aromatic carbocycles. The van der Waals surface area contributed by atoms with Gasteiger partial charge in [0.1, 0.15) is 23.1 Å². The van der Waals surface area contributed by atoms with Crippen LogP contribution in [0.5, 0.6) is 5.75 Å². The molecule has 2 aliphatic heterocycles. The molecule has 0 radical (unpaired) electrons. The first-order valence-corrected chi connectivity index (χ1v) is 12.9. The van der Waals surface area contributed by atoms with Crippen molar-refractivity contribution >= 4 is 32.8 Å². The lowest BCUT2D eigenvalue weighted by atomic mass is 10.1. The summed E-state index contributed by atoms with van der Waals surface area (Å²) in [7, 11) is 0. The number of rotatable bonds is 1. The highest BCUT2D eigenvalue weighted by atomic mass is 16.5. The monoisotopic (exact) mass is 504 g/mol. The van der Waals surface area contributed by atoms with Crippen LogP contribution in [-0.2, 0) is 6.54 Å². The topological polar surface area (TPSA) is 101 Å². The third kappa shape index (κ3) is 3.18. The Kier molecular flexibility index (Phi) is 4.48. The van der Waals surface area contributed by atoms with Crippen molar-refractivity contribution in [3.63, 3.8) is 0 Å². The van der Waals surface area contributed by atoms with E-state index in [0.29, 0.717) is 39.8 Å². The minimum Gasteiger partial charge on any atom is -0.487 e. The second kappa shape index (κ2) is 7.93. The summed E-state index contributed by atoms with van der Waals surface area (Å²) in [5, 5.41) is 4.93. The number of H-pyrrole nitrogens is 2. The highest BCUT2D eigenvalue weighted by molar-refractivity contribution is 5.94. The van der Waals surface area contributed by atoms with Crippen LogP contribution in [0, 0.1) is 0 Å². The van der Waals surface area contributed by atoms with Crippen molar-refractivity contribution in [2.75, 3.05) is 19.6 Å². The van der Waals surface area contributed by atoms with Gasteiger partial charge in [0.15, 0.2) is 0 Å². The minimum atomic E-state index is -0.321. The lowest BCUT2D eigenvalue weighted by Gasteiger charge is -2.19. The molecule has 0 amide bonds. The lowest BCUT2D eigenvalue weighted by molar-refractivity contribution is 0.199. The number of hydrogen-bond donors (Lipinski definition) is 2. The van der Waals surface area contributed by atoms with Gasteiger partial charge in [0.2, 0.25) is 0 Å². The van der Waals surface area contributed by atoms with Crippen LogP contribution in [0.3, 0.4) is 0 Å². The summed E-state index contributed by atoms with van der Waals surface area (Å²) in [6, 6.07) is 19.6.